The number of nitrogens with one attached hydrogen (secondary N) is 1. The maximum Gasteiger partial charge on any atom is 0.387 e. The summed E-state index contributed by atoms with van der Waals surface area (Å²) in [5.74, 6) is 0.234. The lowest BCUT2D eigenvalue weighted by molar-refractivity contribution is -0.117. The number of carbonyl (C=O) groups excluding carboxylic acids is 1. The van der Waals surface area contributed by atoms with Crippen molar-refractivity contribution in [1.82, 2.24) is 4.90 Å². The number of hydrogen-bond donors (Lipinski definition) is 1. The summed E-state index contributed by atoms with van der Waals surface area (Å²) in [4.78, 5) is 14.9. The van der Waals surface area contributed by atoms with Crippen molar-refractivity contribution >= 4 is 11.6 Å². The first-order valence-electron chi connectivity index (χ1n) is 10.6. The van der Waals surface area contributed by atoms with E-state index in [-0.39, 0.29) is 24.0 Å². The van der Waals surface area contributed by atoms with Gasteiger partial charge < -0.3 is 14.8 Å². The van der Waals surface area contributed by atoms with Gasteiger partial charge in [0.05, 0.1) is 13.2 Å². The predicted octanol–water partition coefficient (Wildman–Crippen LogP) is 5.22. The zero-order valence-corrected chi connectivity index (χ0v) is 18.5. The van der Waals surface area contributed by atoms with Crippen LogP contribution in [0.2, 0.25) is 0 Å². The van der Waals surface area contributed by atoms with Crippen LogP contribution in [0.25, 0.3) is 0 Å². The lowest BCUT2D eigenvalue weighted by atomic mass is 10.1. The lowest BCUT2D eigenvalue weighted by Gasteiger charge is -2.23. The normalized spacial score (nSPS) is 13.5. The van der Waals surface area contributed by atoms with E-state index in [1.54, 1.807) is 19.1 Å². The van der Waals surface area contributed by atoms with E-state index in [9.17, 15) is 13.6 Å². The summed E-state index contributed by atoms with van der Waals surface area (Å²) in [6.45, 7) is 6.02. The van der Waals surface area contributed by atoms with E-state index in [2.05, 4.69) is 27.1 Å². The van der Waals surface area contributed by atoms with Crippen LogP contribution in [0, 0.1) is 20.8 Å². The Hall–Kier alpha value is -2.67. The minimum absolute atomic E-state index is 0.0154. The quantitative estimate of drug-likeness (QED) is 0.560. The average molecular weight is 433 g/mol. The topological polar surface area (TPSA) is 50.8 Å². The first-order chi connectivity index (χ1) is 14.8. The number of ether oxygens (including phenoxy) is 2. The SMILES string of the molecule is CCOc1cc(CN(CC(=O)Nc2c(C)cc(C)cc2C)C2CC2)ccc1OC(F)F. The smallest absolute Gasteiger partial charge is 0.387 e. The summed E-state index contributed by atoms with van der Waals surface area (Å²) in [7, 11) is 0. The highest BCUT2D eigenvalue weighted by atomic mass is 19.3. The van der Waals surface area contributed by atoms with E-state index in [0.29, 0.717) is 19.2 Å². The maximum atomic E-state index is 12.8. The number of aryl methyl sites for hydroxylation is 3. The molecule has 0 aromatic heterocycles. The average Bonchev–Trinajstić information content (AvgIpc) is 3.51. The Bertz CT molecular complexity index is 906. The van der Waals surface area contributed by atoms with Crippen LogP contribution in [0.5, 0.6) is 11.5 Å². The van der Waals surface area contributed by atoms with Gasteiger partial charge in [0.15, 0.2) is 11.5 Å². The Morgan fingerprint density at radius 3 is 2.39 bits per heavy atom. The van der Waals surface area contributed by atoms with Gasteiger partial charge in [0.1, 0.15) is 0 Å². The van der Waals surface area contributed by atoms with E-state index in [4.69, 9.17) is 4.74 Å². The highest BCUT2D eigenvalue weighted by molar-refractivity contribution is 5.93. The van der Waals surface area contributed by atoms with E-state index in [1.165, 1.54) is 6.07 Å². The molecular formula is C24H30F2N2O3. The Kier molecular flexibility index (Phi) is 7.49. The summed E-state index contributed by atoms with van der Waals surface area (Å²) >= 11 is 0. The molecule has 0 unspecified atom stereocenters. The van der Waals surface area contributed by atoms with Crippen LogP contribution in [0.4, 0.5) is 14.5 Å². The van der Waals surface area contributed by atoms with Crippen LogP contribution in [-0.2, 0) is 11.3 Å². The molecule has 3 rings (SSSR count). The summed E-state index contributed by atoms with van der Waals surface area (Å²) < 4.78 is 35.3. The number of benzene rings is 2. The van der Waals surface area contributed by atoms with Crippen LogP contribution < -0.4 is 14.8 Å². The molecule has 5 nitrogen and oxygen atoms in total. The molecule has 0 spiro atoms. The lowest BCUT2D eigenvalue weighted by Crippen LogP contribution is -2.34. The van der Waals surface area contributed by atoms with E-state index < -0.39 is 6.61 Å². The molecule has 0 aliphatic heterocycles. The van der Waals surface area contributed by atoms with Gasteiger partial charge in [0.25, 0.3) is 0 Å². The Labute approximate surface area is 182 Å². The van der Waals surface area contributed by atoms with E-state index in [1.807, 2.05) is 20.8 Å². The molecule has 0 saturated heterocycles. The van der Waals surface area contributed by atoms with Gasteiger partial charge in [0.2, 0.25) is 5.91 Å². The van der Waals surface area contributed by atoms with Gasteiger partial charge in [-0.1, -0.05) is 23.8 Å². The Morgan fingerprint density at radius 2 is 1.81 bits per heavy atom. The molecule has 0 bridgehead atoms. The summed E-state index contributed by atoms with van der Waals surface area (Å²) in [5, 5.41) is 3.06. The van der Waals surface area contributed by atoms with Crippen molar-refractivity contribution < 1.29 is 23.0 Å². The fourth-order valence-electron chi connectivity index (χ4n) is 3.84. The Balaban J connectivity index is 1.70. The van der Waals surface area contributed by atoms with Gasteiger partial charge in [-0.2, -0.15) is 8.78 Å². The van der Waals surface area contributed by atoms with E-state index >= 15 is 0 Å². The van der Waals surface area contributed by atoms with E-state index in [0.717, 1.165) is 40.8 Å². The summed E-state index contributed by atoms with van der Waals surface area (Å²) in [6.07, 6.45) is 2.08. The van der Waals surface area contributed by atoms with Crippen LogP contribution in [0.3, 0.4) is 0 Å². The van der Waals surface area contributed by atoms with Crippen molar-refractivity contribution in [3.63, 3.8) is 0 Å². The third-order valence-corrected chi connectivity index (χ3v) is 5.26. The number of alkyl halides is 2. The van der Waals surface area contributed by atoms with Gasteiger partial charge in [-0.15, -0.1) is 0 Å². The highest BCUT2D eigenvalue weighted by Crippen LogP contribution is 2.33. The van der Waals surface area contributed by atoms with Gasteiger partial charge in [-0.05, 0) is 69.4 Å². The third-order valence-electron chi connectivity index (χ3n) is 5.26. The standard InChI is InChI=1S/C24H30F2N2O3/c1-5-30-21-12-18(6-9-20(21)31-24(25)26)13-28(19-7-8-19)14-22(29)27-23-16(3)10-15(2)11-17(23)4/h6,9-12,19,24H,5,7-8,13-14H2,1-4H3,(H,27,29). The van der Waals surface area contributed by atoms with Crippen molar-refractivity contribution in [2.24, 2.45) is 0 Å². The number of hydrogen-bond acceptors (Lipinski definition) is 4. The molecule has 2 aromatic carbocycles. The predicted molar refractivity (Wildman–Crippen MR) is 117 cm³/mol. The zero-order valence-electron chi connectivity index (χ0n) is 18.5. The third kappa shape index (κ3) is 6.40. The molecule has 31 heavy (non-hydrogen) atoms. The van der Waals surface area contributed by atoms with Crippen LogP contribution in [-0.4, -0.2) is 36.6 Å². The molecule has 1 amide bonds. The number of anilines is 1. The minimum Gasteiger partial charge on any atom is -0.490 e. The number of nitrogens with zero attached hydrogens (tertiary/aromatic N) is 1. The van der Waals surface area contributed by atoms with Gasteiger partial charge in [0, 0.05) is 18.3 Å². The number of amides is 1. The molecule has 2 aromatic rings. The second-order valence-corrected chi connectivity index (χ2v) is 8.05. The molecule has 7 heteroatoms. The van der Waals surface area contributed by atoms with Crippen molar-refractivity contribution in [2.75, 3.05) is 18.5 Å². The largest absolute Gasteiger partial charge is 0.490 e. The van der Waals surface area contributed by atoms with Crippen molar-refractivity contribution in [2.45, 2.75) is 59.7 Å². The van der Waals surface area contributed by atoms with Gasteiger partial charge >= 0.3 is 6.61 Å². The zero-order chi connectivity index (χ0) is 22.5. The fraction of sp³-hybridized carbons (Fsp3) is 0.458. The molecule has 1 aliphatic carbocycles. The molecule has 168 valence electrons. The fourth-order valence-corrected chi connectivity index (χ4v) is 3.84. The monoisotopic (exact) mass is 432 g/mol. The molecule has 0 radical (unpaired) electrons. The molecular weight excluding hydrogens is 402 g/mol. The van der Waals surface area contributed by atoms with Gasteiger partial charge in [-0.25, -0.2) is 0 Å². The number of halogens is 2. The first kappa shape index (κ1) is 23.0. The minimum atomic E-state index is -2.91. The van der Waals surface area contributed by atoms with Gasteiger partial charge in [-0.3, -0.25) is 9.69 Å². The summed E-state index contributed by atoms with van der Waals surface area (Å²) in [6, 6.07) is 9.40. The molecule has 1 aliphatic rings. The molecule has 1 saturated carbocycles. The number of carbonyl (C=O) groups is 1. The van der Waals surface area contributed by atoms with Crippen LogP contribution >= 0.6 is 0 Å². The second kappa shape index (κ2) is 10.1. The molecule has 1 N–H and O–H groups in total. The van der Waals surface area contributed by atoms with Crippen molar-refractivity contribution in [3.05, 3.63) is 52.6 Å². The van der Waals surface area contributed by atoms with Crippen molar-refractivity contribution in [1.29, 1.82) is 0 Å². The summed E-state index contributed by atoms with van der Waals surface area (Å²) in [5.41, 5.74) is 4.99. The highest BCUT2D eigenvalue weighted by Gasteiger charge is 2.30. The molecule has 0 heterocycles. The van der Waals surface area contributed by atoms with Crippen LogP contribution in [0.15, 0.2) is 30.3 Å². The second-order valence-electron chi connectivity index (χ2n) is 8.05. The molecule has 0 atom stereocenters. The maximum absolute atomic E-state index is 12.8. The number of rotatable bonds is 10. The Morgan fingerprint density at radius 1 is 1.13 bits per heavy atom. The molecule has 1 fully saturated rings. The van der Waals surface area contributed by atoms with Crippen molar-refractivity contribution in [3.8, 4) is 11.5 Å². The van der Waals surface area contributed by atoms with Crippen LogP contribution in [0.1, 0.15) is 42.0 Å². The first-order valence-corrected chi connectivity index (χ1v) is 10.6.